The Balaban J connectivity index is 1.61. The van der Waals surface area contributed by atoms with Crippen LogP contribution in [0.4, 0.5) is 13.2 Å². The molecule has 0 radical (unpaired) electrons. The predicted molar refractivity (Wildman–Crippen MR) is 84.5 cm³/mol. The summed E-state index contributed by atoms with van der Waals surface area (Å²) in [5.74, 6) is 0.529. The van der Waals surface area contributed by atoms with Crippen molar-refractivity contribution in [3.05, 3.63) is 47.8 Å². The summed E-state index contributed by atoms with van der Waals surface area (Å²) < 4.78 is 42.9. The highest BCUT2D eigenvalue weighted by molar-refractivity contribution is 5.55. The molecule has 0 spiro atoms. The number of ether oxygens (including phenoxy) is 1. The van der Waals surface area contributed by atoms with Crippen LogP contribution in [-0.2, 0) is 17.5 Å². The molecule has 1 aromatic carbocycles. The van der Waals surface area contributed by atoms with E-state index in [2.05, 4.69) is 15.3 Å². The van der Waals surface area contributed by atoms with Crippen molar-refractivity contribution in [1.82, 2.24) is 15.3 Å². The average Bonchev–Trinajstić information content (AvgIpc) is 2.53. The van der Waals surface area contributed by atoms with Crippen molar-refractivity contribution >= 4 is 0 Å². The third kappa shape index (κ3) is 4.53. The van der Waals surface area contributed by atoms with Crippen LogP contribution in [0.3, 0.4) is 0 Å². The van der Waals surface area contributed by atoms with Crippen LogP contribution >= 0.6 is 0 Å². The minimum absolute atomic E-state index is 0.167. The van der Waals surface area contributed by atoms with E-state index in [-0.39, 0.29) is 5.92 Å². The summed E-state index contributed by atoms with van der Waals surface area (Å²) in [6.45, 7) is 2.01. The van der Waals surface area contributed by atoms with Gasteiger partial charge in [-0.15, -0.1) is 0 Å². The Bertz CT molecular complexity index is 703. The fraction of sp³-hybridized carbons (Fsp3) is 0.412. The van der Waals surface area contributed by atoms with E-state index in [0.717, 1.165) is 12.1 Å². The summed E-state index contributed by atoms with van der Waals surface area (Å²) in [4.78, 5) is 8.46. The van der Waals surface area contributed by atoms with Crippen LogP contribution in [0.2, 0.25) is 0 Å². The van der Waals surface area contributed by atoms with E-state index < -0.39 is 17.8 Å². The molecule has 1 aliphatic heterocycles. The fourth-order valence-electron chi connectivity index (χ4n) is 2.43. The van der Waals surface area contributed by atoms with E-state index in [1.54, 1.807) is 12.3 Å². The van der Waals surface area contributed by atoms with E-state index in [1.807, 2.05) is 0 Å². The zero-order valence-corrected chi connectivity index (χ0v) is 13.3. The second kappa shape index (κ2) is 7.47. The molecule has 1 saturated heterocycles. The Hall–Kier alpha value is -2.03. The molecule has 1 aromatic heterocycles. The number of nitrogens with one attached hydrogen (secondary N) is 1. The zero-order chi connectivity index (χ0) is 17.9. The standard InChI is InChI=1S/C17H18F3N3O2/c18-17(19,20)13-3-1-11(2-4-13)16-22-6-5-14(23-16)7-21-8-15(24)12-9-25-10-12/h1-6,12,15,21,24H,7-10H2. The van der Waals surface area contributed by atoms with Crippen LogP contribution in [-0.4, -0.2) is 40.9 Å². The molecule has 8 heteroatoms. The van der Waals surface area contributed by atoms with Gasteiger partial charge in [-0.2, -0.15) is 13.2 Å². The molecule has 1 unspecified atom stereocenters. The highest BCUT2D eigenvalue weighted by Crippen LogP contribution is 2.30. The maximum absolute atomic E-state index is 12.6. The van der Waals surface area contributed by atoms with Gasteiger partial charge < -0.3 is 15.2 Å². The minimum Gasteiger partial charge on any atom is -0.391 e. The Labute approximate surface area is 142 Å². The van der Waals surface area contributed by atoms with Crippen molar-refractivity contribution in [3.63, 3.8) is 0 Å². The predicted octanol–water partition coefficient (Wildman–Crippen LogP) is 2.26. The van der Waals surface area contributed by atoms with Crippen molar-refractivity contribution in [2.75, 3.05) is 19.8 Å². The molecule has 5 nitrogen and oxygen atoms in total. The summed E-state index contributed by atoms with van der Waals surface area (Å²) in [6, 6.07) is 6.46. The number of aliphatic hydroxyl groups is 1. The van der Waals surface area contributed by atoms with Crippen LogP contribution in [0.1, 0.15) is 11.3 Å². The summed E-state index contributed by atoms with van der Waals surface area (Å²) >= 11 is 0. The molecule has 0 saturated carbocycles. The minimum atomic E-state index is -4.36. The molecule has 25 heavy (non-hydrogen) atoms. The molecule has 0 amide bonds. The smallest absolute Gasteiger partial charge is 0.391 e. The number of halogens is 3. The first-order valence-corrected chi connectivity index (χ1v) is 7.89. The Morgan fingerprint density at radius 3 is 2.52 bits per heavy atom. The van der Waals surface area contributed by atoms with Crippen LogP contribution in [0, 0.1) is 5.92 Å². The van der Waals surface area contributed by atoms with Gasteiger partial charge in [0.25, 0.3) is 0 Å². The number of hydrogen-bond donors (Lipinski definition) is 2. The van der Waals surface area contributed by atoms with Crippen LogP contribution in [0.15, 0.2) is 36.5 Å². The maximum Gasteiger partial charge on any atom is 0.416 e. The molecule has 0 bridgehead atoms. The first-order chi connectivity index (χ1) is 11.9. The lowest BCUT2D eigenvalue weighted by Gasteiger charge is -2.30. The maximum atomic E-state index is 12.6. The van der Waals surface area contributed by atoms with Gasteiger partial charge in [0.05, 0.1) is 30.6 Å². The van der Waals surface area contributed by atoms with Crippen molar-refractivity contribution in [2.24, 2.45) is 5.92 Å². The summed E-state index contributed by atoms with van der Waals surface area (Å²) in [7, 11) is 0. The monoisotopic (exact) mass is 353 g/mol. The first-order valence-electron chi connectivity index (χ1n) is 7.89. The quantitative estimate of drug-likeness (QED) is 0.834. The Kier molecular flexibility index (Phi) is 5.31. The molecule has 2 aromatic rings. The molecule has 2 heterocycles. The lowest BCUT2D eigenvalue weighted by atomic mass is 10.0. The number of benzene rings is 1. The molecular formula is C17H18F3N3O2. The Morgan fingerprint density at radius 2 is 1.92 bits per heavy atom. The van der Waals surface area contributed by atoms with Crippen LogP contribution in [0.25, 0.3) is 11.4 Å². The summed E-state index contributed by atoms with van der Waals surface area (Å²) in [6.07, 6.45) is -3.27. The van der Waals surface area contributed by atoms with Gasteiger partial charge >= 0.3 is 6.18 Å². The molecule has 1 atom stereocenters. The van der Waals surface area contributed by atoms with Crippen molar-refractivity contribution in [2.45, 2.75) is 18.8 Å². The van der Waals surface area contributed by atoms with E-state index in [0.29, 0.717) is 43.4 Å². The highest BCUT2D eigenvalue weighted by atomic mass is 19.4. The third-order valence-corrected chi connectivity index (χ3v) is 4.05. The molecule has 3 rings (SSSR count). The largest absolute Gasteiger partial charge is 0.416 e. The highest BCUT2D eigenvalue weighted by Gasteiger charge is 2.30. The number of hydrogen-bond acceptors (Lipinski definition) is 5. The number of alkyl halides is 3. The van der Waals surface area contributed by atoms with Gasteiger partial charge in [-0.3, -0.25) is 0 Å². The van der Waals surface area contributed by atoms with Crippen molar-refractivity contribution in [1.29, 1.82) is 0 Å². The molecule has 1 fully saturated rings. The fourth-order valence-corrected chi connectivity index (χ4v) is 2.43. The second-order valence-corrected chi connectivity index (χ2v) is 5.94. The van der Waals surface area contributed by atoms with Crippen LogP contribution < -0.4 is 5.32 Å². The second-order valence-electron chi connectivity index (χ2n) is 5.94. The normalized spacial score (nSPS) is 16.5. The lowest BCUT2D eigenvalue weighted by Crippen LogP contribution is -2.43. The van der Waals surface area contributed by atoms with Crippen molar-refractivity contribution < 1.29 is 23.0 Å². The molecule has 134 valence electrons. The number of rotatable bonds is 6. The number of nitrogens with zero attached hydrogens (tertiary/aromatic N) is 2. The van der Waals surface area contributed by atoms with Gasteiger partial charge in [-0.25, -0.2) is 9.97 Å². The van der Waals surface area contributed by atoms with Crippen molar-refractivity contribution in [3.8, 4) is 11.4 Å². The van der Waals surface area contributed by atoms with Gasteiger partial charge in [0.2, 0.25) is 0 Å². The summed E-state index contributed by atoms with van der Waals surface area (Å²) in [5.41, 5.74) is 0.506. The van der Waals surface area contributed by atoms with Gasteiger partial charge in [-0.1, -0.05) is 12.1 Å². The first kappa shape index (κ1) is 17.8. The molecular weight excluding hydrogens is 335 g/mol. The van der Waals surface area contributed by atoms with E-state index in [9.17, 15) is 18.3 Å². The van der Waals surface area contributed by atoms with Gasteiger partial charge in [0.15, 0.2) is 5.82 Å². The van der Waals surface area contributed by atoms with E-state index >= 15 is 0 Å². The lowest BCUT2D eigenvalue weighted by molar-refractivity contribution is -0.137. The Morgan fingerprint density at radius 1 is 1.20 bits per heavy atom. The van der Waals surface area contributed by atoms with Gasteiger partial charge in [0, 0.05) is 30.8 Å². The molecule has 2 N–H and O–H groups in total. The average molecular weight is 353 g/mol. The van der Waals surface area contributed by atoms with Gasteiger partial charge in [-0.05, 0) is 18.2 Å². The van der Waals surface area contributed by atoms with E-state index in [4.69, 9.17) is 4.74 Å². The number of aromatic nitrogens is 2. The van der Waals surface area contributed by atoms with E-state index in [1.165, 1.54) is 12.1 Å². The molecule has 0 aliphatic carbocycles. The third-order valence-electron chi connectivity index (χ3n) is 4.05. The molecule has 1 aliphatic rings. The van der Waals surface area contributed by atoms with Gasteiger partial charge in [0.1, 0.15) is 0 Å². The summed E-state index contributed by atoms with van der Waals surface area (Å²) in [5, 5.41) is 13.0. The number of aliphatic hydroxyl groups excluding tert-OH is 1. The SMILES string of the molecule is OC(CNCc1ccnc(-c2ccc(C(F)(F)F)cc2)n1)C1COC1. The topological polar surface area (TPSA) is 67.3 Å². The van der Waals surface area contributed by atoms with Crippen LogP contribution in [0.5, 0.6) is 0 Å². The zero-order valence-electron chi connectivity index (χ0n) is 13.3.